The Labute approximate surface area is 170 Å². The molecule has 29 heavy (non-hydrogen) atoms. The summed E-state index contributed by atoms with van der Waals surface area (Å²) in [5.41, 5.74) is 5.94. The van der Waals surface area contributed by atoms with Gasteiger partial charge in [0.25, 0.3) is 5.91 Å². The highest BCUT2D eigenvalue weighted by atomic mass is 16.1. The van der Waals surface area contributed by atoms with E-state index < -0.39 is 0 Å². The number of nitrogens with zero attached hydrogens (tertiary/aromatic N) is 1. The van der Waals surface area contributed by atoms with E-state index in [0.717, 1.165) is 35.3 Å². The number of nitrogens with one attached hydrogen (secondary N) is 3. The average molecular weight is 384 g/mol. The molecule has 2 heterocycles. The Morgan fingerprint density at radius 3 is 2.66 bits per heavy atom. The Balaban J connectivity index is 1.41. The molecule has 0 unspecified atom stereocenters. The monoisotopic (exact) mass is 384 g/mol. The standard InChI is InChI=1S/C24H24N4O/c1-16-6-5-7-17(2)23(16)28-24(29)18-10-12-25-22(14-18)26-13-11-19-15-27-21-9-4-3-8-20(19)21/h3-10,12,14-15,27H,11,13H2,1-2H3,(H,25,26)(H,28,29). The number of anilines is 2. The van der Waals surface area contributed by atoms with Crippen molar-refractivity contribution in [3.05, 3.63) is 89.2 Å². The maximum Gasteiger partial charge on any atom is 0.255 e. The lowest BCUT2D eigenvalue weighted by molar-refractivity contribution is 0.102. The van der Waals surface area contributed by atoms with E-state index in [1.165, 1.54) is 10.9 Å². The van der Waals surface area contributed by atoms with Crippen molar-refractivity contribution in [2.24, 2.45) is 0 Å². The number of aryl methyl sites for hydroxylation is 2. The zero-order valence-corrected chi connectivity index (χ0v) is 16.6. The molecule has 0 atom stereocenters. The number of aromatic amines is 1. The molecule has 2 aromatic heterocycles. The highest BCUT2D eigenvalue weighted by Crippen LogP contribution is 2.21. The van der Waals surface area contributed by atoms with E-state index in [-0.39, 0.29) is 5.91 Å². The van der Waals surface area contributed by atoms with E-state index in [4.69, 9.17) is 0 Å². The van der Waals surface area contributed by atoms with Gasteiger partial charge in [0.15, 0.2) is 0 Å². The predicted octanol–water partition coefficient (Wildman–Crippen LogP) is 5.09. The minimum atomic E-state index is -0.135. The zero-order chi connectivity index (χ0) is 20.2. The molecule has 0 aliphatic heterocycles. The van der Waals surface area contributed by atoms with Gasteiger partial charge in [0, 0.05) is 41.1 Å². The van der Waals surface area contributed by atoms with Crippen molar-refractivity contribution in [2.45, 2.75) is 20.3 Å². The van der Waals surface area contributed by atoms with Crippen LogP contribution in [-0.2, 0) is 6.42 Å². The lowest BCUT2D eigenvalue weighted by Gasteiger charge is -2.12. The third-order valence-corrected chi connectivity index (χ3v) is 5.12. The van der Waals surface area contributed by atoms with Crippen molar-refractivity contribution in [3.8, 4) is 0 Å². The van der Waals surface area contributed by atoms with Crippen LogP contribution in [0.4, 0.5) is 11.5 Å². The van der Waals surface area contributed by atoms with Crippen molar-refractivity contribution in [3.63, 3.8) is 0 Å². The van der Waals surface area contributed by atoms with Gasteiger partial charge < -0.3 is 15.6 Å². The number of amides is 1. The van der Waals surface area contributed by atoms with Crippen molar-refractivity contribution in [1.29, 1.82) is 0 Å². The summed E-state index contributed by atoms with van der Waals surface area (Å²) in [6.45, 7) is 4.72. The van der Waals surface area contributed by atoms with Crippen molar-refractivity contribution >= 4 is 28.3 Å². The molecule has 0 radical (unpaired) electrons. The minimum Gasteiger partial charge on any atom is -0.370 e. The molecule has 5 nitrogen and oxygen atoms in total. The van der Waals surface area contributed by atoms with Crippen LogP contribution in [0.1, 0.15) is 27.0 Å². The Bertz CT molecular complexity index is 1140. The van der Waals surface area contributed by atoms with Crippen molar-refractivity contribution < 1.29 is 4.79 Å². The summed E-state index contributed by atoms with van der Waals surface area (Å²) in [6, 6.07) is 17.8. The van der Waals surface area contributed by atoms with Gasteiger partial charge in [-0.3, -0.25) is 4.79 Å². The average Bonchev–Trinajstić information content (AvgIpc) is 3.14. The predicted molar refractivity (Wildman–Crippen MR) is 119 cm³/mol. The van der Waals surface area contributed by atoms with Crippen LogP contribution in [-0.4, -0.2) is 22.4 Å². The molecule has 5 heteroatoms. The SMILES string of the molecule is Cc1cccc(C)c1NC(=O)c1ccnc(NCCc2c[nH]c3ccccc23)c1. The first-order valence-electron chi connectivity index (χ1n) is 9.74. The third-order valence-electron chi connectivity index (χ3n) is 5.12. The van der Waals surface area contributed by atoms with E-state index >= 15 is 0 Å². The number of fused-ring (bicyclic) bond motifs is 1. The summed E-state index contributed by atoms with van der Waals surface area (Å²) < 4.78 is 0. The second kappa shape index (κ2) is 8.19. The van der Waals surface area contributed by atoms with Gasteiger partial charge in [0.1, 0.15) is 5.82 Å². The first-order chi connectivity index (χ1) is 14.1. The Morgan fingerprint density at radius 1 is 1.03 bits per heavy atom. The normalized spacial score (nSPS) is 10.8. The van der Waals surface area contributed by atoms with Gasteiger partial charge in [-0.15, -0.1) is 0 Å². The van der Waals surface area contributed by atoms with Gasteiger partial charge >= 0.3 is 0 Å². The van der Waals surface area contributed by atoms with Gasteiger partial charge in [0.05, 0.1) is 0 Å². The Kier molecular flexibility index (Phi) is 5.29. The van der Waals surface area contributed by atoms with Gasteiger partial charge in [-0.05, 0) is 55.2 Å². The zero-order valence-electron chi connectivity index (χ0n) is 16.6. The minimum absolute atomic E-state index is 0.135. The highest BCUT2D eigenvalue weighted by molar-refractivity contribution is 6.05. The van der Waals surface area contributed by atoms with E-state index in [1.807, 2.05) is 50.4 Å². The quantitative estimate of drug-likeness (QED) is 0.434. The fourth-order valence-electron chi connectivity index (χ4n) is 3.53. The lowest BCUT2D eigenvalue weighted by atomic mass is 10.1. The second-order valence-corrected chi connectivity index (χ2v) is 7.19. The number of pyridine rings is 1. The fourth-order valence-corrected chi connectivity index (χ4v) is 3.53. The van der Waals surface area contributed by atoms with Crippen LogP contribution in [0.25, 0.3) is 10.9 Å². The first-order valence-corrected chi connectivity index (χ1v) is 9.74. The van der Waals surface area contributed by atoms with E-state index in [0.29, 0.717) is 11.4 Å². The number of rotatable bonds is 6. The molecular formula is C24H24N4O. The van der Waals surface area contributed by atoms with E-state index in [9.17, 15) is 4.79 Å². The molecule has 3 N–H and O–H groups in total. The number of aromatic nitrogens is 2. The van der Waals surface area contributed by atoms with E-state index in [2.05, 4.69) is 32.7 Å². The Hall–Kier alpha value is -3.60. The molecule has 2 aromatic carbocycles. The van der Waals surface area contributed by atoms with Crippen LogP contribution in [0, 0.1) is 13.8 Å². The molecule has 0 bridgehead atoms. The number of hydrogen-bond donors (Lipinski definition) is 3. The fraction of sp³-hybridized carbons (Fsp3) is 0.167. The number of carbonyl (C=O) groups excluding carboxylic acids is 1. The summed E-state index contributed by atoms with van der Waals surface area (Å²) in [4.78, 5) is 20.3. The summed E-state index contributed by atoms with van der Waals surface area (Å²) >= 11 is 0. The lowest BCUT2D eigenvalue weighted by Crippen LogP contribution is -2.15. The number of hydrogen-bond acceptors (Lipinski definition) is 3. The largest absolute Gasteiger partial charge is 0.370 e. The molecule has 0 aliphatic carbocycles. The molecule has 4 rings (SSSR count). The molecular weight excluding hydrogens is 360 g/mol. The summed E-state index contributed by atoms with van der Waals surface area (Å²) in [5, 5.41) is 7.59. The van der Waals surface area contributed by atoms with Crippen LogP contribution in [0.2, 0.25) is 0 Å². The Morgan fingerprint density at radius 2 is 1.83 bits per heavy atom. The maximum absolute atomic E-state index is 12.7. The molecule has 1 amide bonds. The van der Waals surface area contributed by atoms with Crippen LogP contribution in [0.15, 0.2) is 67.0 Å². The summed E-state index contributed by atoms with van der Waals surface area (Å²) in [6.07, 6.45) is 4.58. The van der Waals surface area contributed by atoms with Crippen LogP contribution in [0.5, 0.6) is 0 Å². The number of benzene rings is 2. The highest BCUT2D eigenvalue weighted by Gasteiger charge is 2.11. The third kappa shape index (κ3) is 4.14. The first kappa shape index (κ1) is 18.7. The molecule has 4 aromatic rings. The van der Waals surface area contributed by atoms with Crippen molar-refractivity contribution in [1.82, 2.24) is 9.97 Å². The number of H-pyrrole nitrogens is 1. The molecule has 0 fully saturated rings. The van der Waals surface area contributed by atoms with Crippen molar-refractivity contribution in [2.75, 3.05) is 17.2 Å². The number of para-hydroxylation sites is 2. The molecule has 0 spiro atoms. The molecule has 0 saturated heterocycles. The van der Waals surface area contributed by atoms with Crippen LogP contribution < -0.4 is 10.6 Å². The van der Waals surface area contributed by atoms with E-state index in [1.54, 1.807) is 18.3 Å². The second-order valence-electron chi connectivity index (χ2n) is 7.19. The molecule has 0 saturated carbocycles. The topological polar surface area (TPSA) is 69.8 Å². The molecule has 146 valence electrons. The number of carbonyl (C=O) groups is 1. The molecule has 0 aliphatic rings. The summed E-state index contributed by atoms with van der Waals surface area (Å²) in [5.74, 6) is 0.559. The van der Waals surface area contributed by atoms with Gasteiger partial charge in [-0.2, -0.15) is 0 Å². The van der Waals surface area contributed by atoms with Gasteiger partial charge in [0.2, 0.25) is 0 Å². The summed E-state index contributed by atoms with van der Waals surface area (Å²) in [7, 11) is 0. The smallest absolute Gasteiger partial charge is 0.255 e. The van der Waals surface area contributed by atoms with Crippen LogP contribution >= 0.6 is 0 Å². The van der Waals surface area contributed by atoms with Crippen LogP contribution in [0.3, 0.4) is 0 Å². The van der Waals surface area contributed by atoms with Gasteiger partial charge in [-0.1, -0.05) is 36.4 Å². The maximum atomic E-state index is 12.7. The van der Waals surface area contributed by atoms with Gasteiger partial charge in [-0.25, -0.2) is 4.98 Å².